The maximum absolute atomic E-state index is 12.4. The third-order valence-electron chi connectivity index (χ3n) is 4.95. The van der Waals surface area contributed by atoms with Gasteiger partial charge in [0.15, 0.2) is 5.82 Å². The van der Waals surface area contributed by atoms with Crippen LogP contribution in [0.5, 0.6) is 0 Å². The SMILES string of the molecule is Cc1ccc(-c2ccc(N3CCN(C(=O)CC(C)(C)C)CC3)nn2)c(C)c1. The van der Waals surface area contributed by atoms with Gasteiger partial charge in [0.2, 0.25) is 5.91 Å². The van der Waals surface area contributed by atoms with E-state index in [1.807, 2.05) is 17.0 Å². The number of piperazine rings is 1. The maximum atomic E-state index is 12.4. The van der Waals surface area contributed by atoms with Gasteiger partial charge < -0.3 is 9.80 Å². The molecule has 0 N–H and O–H groups in total. The molecule has 144 valence electrons. The van der Waals surface area contributed by atoms with Crippen LogP contribution in [0.25, 0.3) is 11.3 Å². The van der Waals surface area contributed by atoms with E-state index in [1.54, 1.807) is 0 Å². The number of benzene rings is 1. The van der Waals surface area contributed by atoms with Crippen LogP contribution in [0.1, 0.15) is 38.3 Å². The first kappa shape index (κ1) is 19.3. The average molecular weight is 367 g/mol. The number of anilines is 1. The number of rotatable bonds is 3. The van der Waals surface area contributed by atoms with Crippen LogP contribution in [0.2, 0.25) is 0 Å². The van der Waals surface area contributed by atoms with Gasteiger partial charge >= 0.3 is 0 Å². The van der Waals surface area contributed by atoms with Crippen molar-refractivity contribution in [2.24, 2.45) is 5.41 Å². The van der Waals surface area contributed by atoms with Crippen molar-refractivity contribution in [1.29, 1.82) is 0 Å². The molecule has 27 heavy (non-hydrogen) atoms. The predicted octanol–water partition coefficient (Wildman–Crippen LogP) is 3.85. The van der Waals surface area contributed by atoms with Gasteiger partial charge in [-0.2, -0.15) is 0 Å². The van der Waals surface area contributed by atoms with E-state index in [0.29, 0.717) is 6.42 Å². The van der Waals surface area contributed by atoms with Gasteiger partial charge in [0.25, 0.3) is 0 Å². The first-order chi connectivity index (χ1) is 12.7. The van der Waals surface area contributed by atoms with Gasteiger partial charge in [-0.3, -0.25) is 4.79 Å². The molecule has 0 radical (unpaired) electrons. The minimum atomic E-state index is 0.0314. The first-order valence-corrected chi connectivity index (χ1v) is 9.67. The van der Waals surface area contributed by atoms with Gasteiger partial charge in [0.05, 0.1) is 5.69 Å². The fourth-order valence-corrected chi connectivity index (χ4v) is 3.49. The van der Waals surface area contributed by atoms with E-state index in [2.05, 4.69) is 67.9 Å². The van der Waals surface area contributed by atoms with Crippen LogP contribution in [0.15, 0.2) is 30.3 Å². The zero-order chi connectivity index (χ0) is 19.6. The van der Waals surface area contributed by atoms with Gasteiger partial charge in [0.1, 0.15) is 0 Å². The van der Waals surface area contributed by atoms with Gasteiger partial charge in [-0.25, -0.2) is 0 Å². The van der Waals surface area contributed by atoms with Crippen LogP contribution in [-0.4, -0.2) is 47.2 Å². The molecule has 2 heterocycles. The molecular weight excluding hydrogens is 336 g/mol. The van der Waals surface area contributed by atoms with Gasteiger partial charge in [-0.15, -0.1) is 10.2 Å². The molecule has 0 saturated carbocycles. The second-order valence-electron chi connectivity index (χ2n) is 8.70. The molecule has 1 aliphatic heterocycles. The quantitative estimate of drug-likeness (QED) is 0.828. The van der Waals surface area contributed by atoms with Crippen molar-refractivity contribution < 1.29 is 4.79 Å². The monoisotopic (exact) mass is 366 g/mol. The van der Waals surface area contributed by atoms with Crippen LogP contribution < -0.4 is 4.90 Å². The largest absolute Gasteiger partial charge is 0.352 e. The Labute approximate surface area is 162 Å². The molecule has 0 unspecified atom stereocenters. The van der Waals surface area contributed by atoms with E-state index < -0.39 is 0 Å². The predicted molar refractivity (Wildman–Crippen MR) is 110 cm³/mol. The Morgan fingerprint density at radius 2 is 1.70 bits per heavy atom. The molecule has 1 aromatic heterocycles. The summed E-state index contributed by atoms with van der Waals surface area (Å²) in [7, 11) is 0. The Bertz CT molecular complexity index is 800. The molecule has 1 saturated heterocycles. The number of carbonyl (C=O) groups is 1. The molecule has 3 rings (SSSR count). The molecule has 1 aromatic carbocycles. The molecule has 1 aliphatic rings. The minimum Gasteiger partial charge on any atom is -0.352 e. The summed E-state index contributed by atoms with van der Waals surface area (Å²) in [6, 6.07) is 10.4. The molecule has 5 heteroatoms. The van der Waals surface area contributed by atoms with Crippen molar-refractivity contribution in [2.45, 2.75) is 41.0 Å². The second-order valence-corrected chi connectivity index (χ2v) is 8.70. The summed E-state index contributed by atoms with van der Waals surface area (Å²) >= 11 is 0. The lowest BCUT2D eigenvalue weighted by atomic mass is 9.91. The van der Waals surface area contributed by atoms with E-state index >= 15 is 0 Å². The fraction of sp³-hybridized carbons (Fsp3) is 0.500. The van der Waals surface area contributed by atoms with Crippen LogP contribution in [-0.2, 0) is 4.79 Å². The van der Waals surface area contributed by atoms with Crippen molar-refractivity contribution in [3.05, 3.63) is 41.5 Å². The molecule has 1 fully saturated rings. The van der Waals surface area contributed by atoms with Gasteiger partial charge in [0, 0.05) is 38.2 Å². The Morgan fingerprint density at radius 1 is 1.00 bits per heavy atom. The zero-order valence-corrected chi connectivity index (χ0v) is 17.1. The van der Waals surface area contributed by atoms with Crippen LogP contribution in [0.3, 0.4) is 0 Å². The number of hydrogen-bond acceptors (Lipinski definition) is 4. The highest BCUT2D eigenvalue weighted by Crippen LogP contribution is 2.24. The molecule has 1 amide bonds. The van der Waals surface area contributed by atoms with Crippen LogP contribution in [0.4, 0.5) is 5.82 Å². The third-order valence-corrected chi connectivity index (χ3v) is 4.95. The van der Waals surface area contributed by atoms with E-state index in [1.165, 1.54) is 11.1 Å². The normalized spacial score (nSPS) is 15.1. The lowest BCUT2D eigenvalue weighted by Gasteiger charge is -2.36. The highest BCUT2D eigenvalue weighted by atomic mass is 16.2. The summed E-state index contributed by atoms with van der Waals surface area (Å²) in [5, 5.41) is 8.89. The van der Waals surface area contributed by atoms with Crippen molar-refractivity contribution in [1.82, 2.24) is 15.1 Å². The molecule has 5 nitrogen and oxygen atoms in total. The topological polar surface area (TPSA) is 49.3 Å². The molecule has 0 atom stereocenters. The number of amides is 1. The molecule has 0 spiro atoms. The second kappa shape index (κ2) is 7.67. The zero-order valence-electron chi connectivity index (χ0n) is 17.1. The number of hydrogen-bond donors (Lipinski definition) is 0. The van der Waals surface area contributed by atoms with Crippen molar-refractivity contribution in [2.75, 3.05) is 31.1 Å². The lowest BCUT2D eigenvalue weighted by molar-refractivity contribution is -0.133. The first-order valence-electron chi connectivity index (χ1n) is 9.67. The number of nitrogens with zero attached hydrogens (tertiary/aromatic N) is 4. The van der Waals surface area contributed by atoms with Crippen molar-refractivity contribution in [3.8, 4) is 11.3 Å². The molecule has 2 aromatic rings. The standard InChI is InChI=1S/C22H30N4O/c1-16-6-7-18(17(2)14-16)19-8-9-20(24-23-19)25-10-12-26(13-11-25)21(27)15-22(3,4)5/h6-9,14H,10-13,15H2,1-5H3. The molecular formula is C22H30N4O. The fourth-order valence-electron chi connectivity index (χ4n) is 3.49. The summed E-state index contributed by atoms with van der Waals surface area (Å²) in [4.78, 5) is 16.6. The maximum Gasteiger partial charge on any atom is 0.223 e. The van der Waals surface area contributed by atoms with E-state index in [4.69, 9.17) is 0 Å². The van der Waals surface area contributed by atoms with Crippen LogP contribution >= 0.6 is 0 Å². The highest BCUT2D eigenvalue weighted by molar-refractivity contribution is 5.77. The molecule has 0 bridgehead atoms. The Hall–Kier alpha value is -2.43. The van der Waals surface area contributed by atoms with Gasteiger partial charge in [-0.1, -0.05) is 44.5 Å². The smallest absolute Gasteiger partial charge is 0.223 e. The summed E-state index contributed by atoms with van der Waals surface area (Å²) in [6.45, 7) is 13.6. The Balaban J connectivity index is 1.63. The highest BCUT2D eigenvalue weighted by Gasteiger charge is 2.25. The van der Waals surface area contributed by atoms with Crippen LogP contribution in [0, 0.1) is 19.3 Å². The summed E-state index contributed by atoms with van der Waals surface area (Å²) in [5.41, 5.74) is 4.51. The Morgan fingerprint density at radius 3 is 2.26 bits per heavy atom. The van der Waals surface area contributed by atoms with Gasteiger partial charge in [-0.05, 0) is 37.0 Å². The number of aryl methyl sites for hydroxylation is 2. The molecule has 0 aliphatic carbocycles. The van der Waals surface area contributed by atoms with Crippen molar-refractivity contribution >= 4 is 11.7 Å². The summed E-state index contributed by atoms with van der Waals surface area (Å²) in [6.07, 6.45) is 0.595. The van der Waals surface area contributed by atoms with E-state index in [9.17, 15) is 4.79 Å². The number of carbonyl (C=O) groups excluding carboxylic acids is 1. The Kier molecular flexibility index (Phi) is 5.49. The average Bonchev–Trinajstić information content (AvgIpc) is 2.61. The van der Waals surface area contributed by atoms with E-state index in [-0.39, 0.29) is 11.3 Å². The summed E-state index contributed by atoms with van der Waals surface area (Å²) in [5.74, 6) is 1.13. The van der Waals surface area contributed by atoms with Crippen molar-refractivity contribution in [3.63, 3.8) is 0 Å². The third kappa shape index (κ3) is 4.85. The minimum absolute atomic E-state index is 0.0314. The lowest BCUT2D eigenvalue weighted by Crippen LogP contribution is -2.49. The van der Waals surface area contributed by atoms with E-state index in [0.717, 1.165) is 43.3 Å². The number of aromatic nitrogens is 2. The summed E-state index contributed by atoms with van der Waals surface area (Å²) < 4.78 is 0.